The van der Waals surface area contributed by atoms with Gasteiger partial charge in [0.15, 0.2) is 0 Å². The molecule has 0 saturated carbocycles. The molecule has 1 rings (SSSR count). The highest BCUT2D eigenvalue weighted by Gasteiger charge is 2.44. The van der Waals surface area contributed by atoms with Crippen LogP contribution in [0.25, 0.3) is 0 Å². The van der Waals surface area contributed by atoms with Crippen molar-refractivity contribution in [3.05, 3.63) is 0 Å². The van der Waals surface area contributed by atoms with E-state index in [1.165, 1.54) is 0 Å². The van der Waals surface area contributed by atoms with E-state index in [0.717, 1.165) is 0 Å². The zero-order valence-electron chi connectivity index (χ0n) is 12.8. The van der Waals surface area contributed by atoms with Gasteiger partial charge in [0.2, 0.25) is 0 Å². The molecular formula is C14H26F3NO. The Hall–Kier alpha value is -0.290. The summed E-state index contributed by atoms with van der Waals surface area (Å²) in [6.45, 7) is 13.2. The highest BCUT2D eigenvalue weighted by Crippen LogP contribution is 2.38. The zero-order valence-corrected chi connectivity index (χ0v) is 12.8. The lowest BCUT2D eigenvalue weighted by Gasteiger charge is -2.51. The van der Waals surface area contributed by atoms with E-state index < -0.39 is 12.5 Å². The Morgan fingerprint density at radius 1 is 1.00 bits per heavy atom. The predicted molar refractivity (Wildman–Crippen MR) is 69.9 cm³/mol. The van der Waals surface area contributed by atoms with Crippen molar-refractivity contribution in [2.45, 2.75) is 78.4 Å². The molecule has 0 aromatic carbocycles. The van der Waals surface area contributed by atoms with Gasteiger partial charge in [0.05, 0.1) is 6.10 Å². The molecule has 1 saturated heterocycles. The number of likely N-dealkylation sites (tertiary alicyclic amines) is 1. The van der Waals surface area contributed by atoms with Gasteiger partial charge in [-0.3, -0.25) is 9.64 Å². The Kier molecular flexibility index (Phi) is 4.63. The van der Waals surface area contributed by atoms with Gasteiger partial charge in [-0.1, -0.05) is 20.8 Å². The predicted octanol–water partition coefficient (Wildman–Crippen LogP) is 4.20. The van der Waals surface area contributed by atoms with E-state index >= 15 is 0 Å². The maximum absolute atomic E-state index is 12.4. The van der Waals surface area contributed by atoms with Crippen LogP contribution in [0, 0.1) is 5.41 Å². The molecule has 0 aromatic heterocycles. The highest BCUT2D eigenvalue weighted by molar-refractivity contribution is 4.95. The monoisotopic (exact) mass is 281 g/mol. The molecule has 1 aliphatic heterocycles. The summed E-state index contributed by atoms with van der Waals surface area (Å²) < 4.78 is 41.3. The molecule has 114 valence electrons. The average Bonchev–Trinajstić information content (AvgIpc) is 2.11. The largest absolute Gasteiger partial charge is 0.522 e. The molecule has 0 amide bonds. The van der Waals surface area contributed by atoms with Crippen molar-refractivity contribution >= 4 is 0 Å². The SMILES string of the molecule is CC(C)(C)C1CC(OC(F)(F)F)CCN1C(C)(C)C. The topological polar surface area (TPSA) is 12.5 Å². The highest BCUT2D eigenvalue weighted by atomic mass is 19.4. The van der Waals surface area contributed by atoms with Crippen molar-refractivity contribution in [1.29, 1.82) is 0 Å². The third-order valence-electron chi connectivity index (χ3n) is 3.72. The van der Waals surface area contributed by atoms with Gasteiger partial charge in [-0.2, -0.15) is 0 Å². The fourth-order valence-electron chi connectivity index (χ4n) is 2.85. The van der Waals surface area contributed by atoms with Gasteiger partial charge in [0.1, 0.15) is 0 Å². The number of hydrogen-bond acceptors (Lipinski definition) is 2. The van der Waals surface area contributed by atoms with Gasteiger partial charge < -0.3 is 0 Å². The van der Waals surface area contributed by atoms with Gasteiger partial charge in [0.25, 0.3) is 0 Å². The first-order valence-corrected chi connectivity index (χ1v) is 6.82. The van der Waals surface area contributed by atoms with E-state index in [1.807, 2.05) is 0 Å². The number of halogens is 3. The van der Waals surface area contributed by atoms with Gasteiger partial charge in [-0.05, 0) is 39.0 Å². The molecule has 0 N–H and O–H groups in total. The summed E-state index contributed by atoms with van der Waals surface area (Å²) >= 11 is 0. The van der Waals surface area contributed by atoms with Gasteiger partial charge >= 0.3 is 6.36 Å². The Morgan fingerprint density at radius 3 is 1.89 bits per heavy atom. The van der Waals surface area contributed by atoms with E-state index in [0.29, 0.717) is 19.4 Å². The smallest absolute Gasteiger partial charge is 0.295 e. The van der Waals surface area contributed by atoms with E-state index in [9.17, 15) is 13.2 Å². The number of hydrogen-bond donors (Lipinski definition) is 0. The molecule has 0 radical (unpaired) electrons. The number of piperidine rings is 1. The quantitative estimate of drug-likeness (QED) is 0.714. The van der Waals surface area contributed by atoms with E-state index in [1.54, 1.807) is 0 Å². The van der Waals surface area contributed by atoms with Crippen molar-refractivity contribution in [3.63, 3.8) is 0 Å². The second-order valence-electron chi connectivity index (χ2n) is 7.46. The van der Waals surface area contributed by atoms with Crippen LogP contribution in [0.3, 0.4) is 0 Å². The van der Waals surface area contributed by atoms with Gasteiger partial charge in [0, 0.05) is 18.1 Å². The van der Waals surface area contributed by atoms with Crippen LogP contribution in [0.5, 0.6) is 0 Å². The molecule has 1 aliphatic rings. The lowest BCUT2D eigenvalue weighted by Crippen LogP contribution is -2.58. The Morgan fingerprint density at radius 2 is 1.53 bits per heavy atom. The summed E-state index contributed by atoms with van der Waals surface area (Å²) in [6, 6.07) is 0.0913. The third-order valence-corrected chi connectivity index (χ3v) is 3.72. The van der Waals surface area contributed by atoms with Crippen LogP contribution in [-0.2, 0) is 4.74 Å². The molecule has 0 aromatic rings. The maximum atomic E-state index is 12.4. The summed E-state index contributed by atoms with van der Waals surface area (Å²) in [5.74, 6) is 0. The molecule has 2 atom stereocenters. The molecule has 1 fully saturated rings. The Labute approximate surface area is 114 Å². The van der Waals surface area contributed by atoms with Crippen molar-refractivity contribution in [2.75, 3.05) is 6.54 Å². The fourth-order valence-corrected chi connectivity index (χ4v) is 2.85. The summed E-state index contributed by atoms with van der Waals surface area (Å²) in [6.07, 6.45) is -4.39. The molecule has 5 heteroatoms. The van der Waals surface area contributed by atoms with Crippen molar-refractivity contribution in [2.24, 2.45) is 5.41 Å². The lowest BCUT2D eigenvalue weighted by molar-refractivity contribution is -0.348. The standard InChI is InChI=1S/C14H26F3NO/c1-12(2,3)11-9-10(19-14(15,16)17)7-8-18(11)13(4,5)6/h10-11H,7-9H2,1-6H3. The van der Waals surface area contributed by atoms with Crippen LogP contribution in [0.1, 0.15) is 54.4 Å². The molecule has 1 heterocycles. The second-order valence-corrected chi connectivity index (χ2v) is 7.46. The number of nitrogens with zero attached hydrogens (tertiary/aromatic N) is 1. The molecule has 2 unspecified atom stereocenters. The van der Waals surface area contributed by atoms with Crippen LogP contribution in [-0.4, -0.2) is 35.5 Å². The van der Waals surface area contributed by atoms with Gasteiger partial charge in [-0.15, -0.1) is 13.2 Å². The number of ether oxygens (including phenoxy) is 1. The van der Waals surface area contributed by atoms with Crippen molar-refractivity contribution < 1.29 is 17.9 Å². The molecule has 19 heavy (non-hydrogen) atoms. The normalized spacial score (nSPS) is 27.6. The number of rotatable bonds is 1. The molecular weight excluding hydrogens is 255 g/mol. The van der Waals surface area contributed by atoms with Crippen LogP contribution >= 0.6 is 0 Å². The Bertz CT molecular complexity index is 301. The minimum Gasteiger partial charge on any atom is -0.295 e. The molecule has 0 spiro atoms. The minimum absolute atomic E-state index is 0.0405. The number of alkyl halides is 3. The van der Waals surface area contributed by atoms with E-state index in [2.05, 4.69) is 51.2 Å². The van der Waals surface area contributed by atoms with Crippen LogP contribution in [0.4, 0.5) is 13.2 Å². The maximum Gasteiger partial charge on any atom is 0.522 e. The zero-order chi connectivity index (χ0) is 15.1. The first-order valence-electron chi connectivity index (χ1n) is 6.82. The molecule has 0 bridgehead atoms. The summed E-state index contributed by atoms with van der Waals surface area (Å²) in [5.41, 5.74) is -0.109. The van der Waals surface area contributed by atoms with E-state index in [-0.39, 0.29) is 17.0 Å². The van der Waals surface area contributed by atoms with Crippen LogP contribution in [0.15, 0.2) is 0 Å². The van der Waals surface area contributed by atoms with Crippen molar-refractivity contribution in [1.82, 2.24) is 4.90 Å². The van der Waals surface area contributed by atoms with Crippen LogP contribution < -0.4 is 0 Å². The fraction of sp³-hybridized carbons (Fsp3) is 1.00. The molecule has 2 nitrogen and oxygen atoms in total. The summed E-state index contributed by atoms with van der Waals surface area (Å²) in [5, 5.41) is 0. The van der Waals surface area contributed by atoms with Crippen LogP contribution in [0.2, 0.25) is 0 Å². The first-order chi connectivity index (χ1) is 8.31. The van der Waals surface area contributed by atoms with Crippen molar-refractivity contribution in [3.8, 4) is 0 Å². The first kappa shape index (κ1) is 16.8. The lowest BCUT2D eigenvalue weighted by atomic mass is 9.77. The second kappa shape index (κ2) is 5.24. The third kappa shape index (κ3) is 4.95. The summed E-state index contributed by atoms with van der Waals surface area (Å²) in [4.78, 5) is 2.31. The van der Waals surface area contributed by atoms with Gasteiger partial charge in [-0.25, -0.2) is 0 Å². The van der Waals surface area contributed by atoms with E-state index in [4.69, 9.17) is 0 Å². The molecule has 0 aliphatic carbocycles. The Balaban J connectivity index is 2.84. The average molecular weight is 281 g/mol. The minimum atomic E-state index is -4.53. The summed E-state index contributed by atoms with van der Waals surface area (Å²) in [7, 11) is 0.